The standard InChI is InChI=1S/C20H12Cl2O7/c21-11-1-3-13-9(5-11)7-27-17(15(13)23)19(25)29-20(26)18-16(24)14-4-2-12(22)6-10(14)8-28-18/h1-6,17-18H,7-8H2. The number of Topliss-reactive ketones (excluding diaryl/α,β-unsaturated/α-hetero) is 2. The van der Waals surface area contributed by atoms with E-state index in [4.69, 9.17) is 37.4 Å². The van der Waals surface area contributed by atoms with Crippen molar-refractivity contribution in [3.63, 3.8) is 0 Å². The molecule has 0 radical (unpaired) electrons. The van der Waals surface area contributed by atoms with E-state index < -0.39 is 35.7 Å². The molecular weight excluding hydrogens is 423 g/mol. The van der Waals surface area contributed by atoms with E-state index in [1.54, 1.807) is 12.1 Å². The Bertz CT molecular complexity index is 979. The molecule has 2 aromatic carbocycles. The normalized spacial score (nSPS) is 20.6. The van der Waals surface area contributed by atoms with E-state index in [0.29, 0.717) is 21.2 Å². The summed E-state index contributed by atoms with van der Waals surface area (Å²) in [5, 5.41) is 0.844. The molecule has 7 nitrogen and oxygen atoms in total. The number of ketones is 2. The number of halogens is 2. The van der Waals surface area contributed by atoms with E-state index in [2.05, 4.69) is 0 Å². The predicted octanol–water partition coefficient (Wildman–Crippen LogP) is 2.93. The fraction of sp³-hybridized carbons (Fsp3) is 0.200. The summed E-state index contributed by atoms with van der Waals surface area (Å²) in [6.07, 6.45) is -3.23. The van der Waals surface area contributed by atoms with Gasteiger partial charge in [-0.3, -0.25) is 9.59 Å². The Morgan fingerprint density at radius 1 is 0.793 bits per heavy atom. The highest BCUT2D eigenvalue weighted by Crippen LogP contribution is 2.26. The van der Waals surface area contributed by atoms with Crippen LogP contribution in [-0.4, -0.2) is 35.7 Å². The Morgan fingerprint density at radius 3 is 1.62 bits per heavy atom. The maximum absolute atomic E-state index is 12.5. The molecule has 2 aromatic rings. The molecule has 2 aliphatic rings. The van der Waals surface area contributed by atoms with Gasteiger partial charge in [0.2, 0.25) is 23.8 Å². The molecule has 4 rings (SSSR count). The topological polar surface area (TPSA) is 96.0 Å². The molecule has 2 unspecified atom stereocenters. The van der Waals surface area contributed by atoms with Crippen LogP contribution in [0.2, 0.25) is 10.0 Å². The van der Waals surface area contributed by atoms with Crippen molar-refractivity contribution in [2.24, 2.45) is 0 Å². The maximum atomic E-state index is 12.5. The number of carbonyl (C=O) groups is 4. The lowest BCUT2D eigenvalue weighted by Crippen LogP contribution is -2.44. The molecule has 2 aliphatic heterocycles. The number of carbonyl (C=O) groups excluding carboxylic acids is 4. The number of benzene rings is 2. The van der Waals surface area contributed by atoms with E-state index in [1.165, 1.54) is 24.3 Å². The van der Waals surface area contributed by atoms with Crippen molar-refractivity contribution >= 4 is 46.7 Å². The van der Waals surface area contributed by atoms with Crippen LogP contribution in [0, 0.1) is 0 Å². The third-order valence-corrected chi connectivity index (χ3v) is 5.05. The van der Waals surface area contributed by atoms with Gasteiger partial charge in [0.05, 0.1) is 13.2 Å². The first-order valence-electron chi connectivity index (χ1n) is 8.49. The highest BCUT2D eigenvalue weighted by molar-refractivity contribution is 6.31. The fourth-order valence-electron chi connectivity index (χ4n) is 3.18. The van der Waals surface area contributed by atoms with Crippen LogP contribution in [0.3, 0.4) is 0 Å². The Kier molecular flexibility index (Phi) is 5.23. The summed E-state index contributed by atoms with van der Waals surface area (Å²) >= 11 is 11.8. The van der Waals surface area contributed by atoms with Gasteiger partial charge in [-0.25, -0.2) is 9.59 Å². The van der Waals surface area contributed by atoms with Gasteiger partial charge in [-0.1, -0.05) is 23.2 Å². The molecule has 2 heterocycles. The van der Waals surface area contributed by atoms with Gasteiger partial charge in [-0.05, 0) is 47.5 Å². The number of fused-ring (bicyclic) bond motifs is 2. The Morgan fingerprint density at radius 2 is 1.21 bits per heavy atom. The third kappa shape index (κ3) is 3.70. The van der Waals surface area contributed by atoms with Gasteiger partial charge >= 0.3 is 11.9 Å². The van der Waals surface area contributed by atoms with Crippen LogP contribution in [0.4, 0.5) is 0 Å². The van der Waals surface area contributed by atoms with Crippen molar-refractivity contribution in [3.05, 3.63) is 68.7 Å². The zero-order chi connectivity index (χ0) is 20.7. The van der Waals surface area contributed by atoms with Crippen LogP contribution >= 0.6 is 23.2 Å². The minimum absolute atomic E-state index is 0.0530. The lowest BCUT2D eigenvalue weighted by molar-refractivity contribution is -0.172. The first-order chi connectivity index (χ1) is 13.8. The molecule has 0 aromatic heterocycles. The Labute approximate surface area is 174 Å². The van der Waals surface area contributed by atoms with Crippen LogP contribution in [-0.2, 0) is 37.0 Å². The van der Waals surface area contributed by atoms with Gasteiger partial charge in [0, 0.05) is 21.2 Å². The molecule has 148 valence electrons. The zero-order valence-electron chi connectivity index (χ0n) is 14.6. The number of esters is 2. The minimum atomic E-state index is -1.61. The Hall–Kier alpha value is -2.58. The van der Waals surface area contributed by atoms with Crippen LogP contribution in [0.25, 0.3) is 0 Å². The van der Waals surface area contributed by atoms with E-state index in [-0.39, 0.29) is 24.3 Å². The summed E-state index contributed by atoms with van der Waals surface area (Å²) in [6, 6.07) is 9.07. The van der Waals surface area contributed by atoms with Gasteiger partial charge in [0.15, 0.2) is 0 Å². The number of rotatable bonds is 2. The first kappa shape index (κ1) is 19.7. The molecular formula is C20H12Cl2O7. The highest BCUT2D eigenvalue weighted by atomic mass is 35.5. The lowest BCUT2D eigenvalue weighted by atomic mass is 9.97. The fourth-order valence-corrected chi connectivity index (χ4v) is 3.57. The highest BCUT2D eigenvalue weighted by Gasteiger charge is 2.41. The van der Waals surface area contributed by atoms with Crippen LogP contribution in [0.15, 0.2) is 36.4 Å². The molecule has 0 saturated heterocycles. The van der Waals surface area contributed by atoms with Gasteiger partial charge in [-0.2, -0.15) is 0 Å². The molecule has 2 atom stereocenters. The van der Waals surface area contributed by atoms with Gasteiger partial charge in [0.1, 0.15) is 0 Å². The SMILES string of the molecule is O=C(OC(=O)C1OCc2cc(Cl)ccc2C1=O)C1OCc2cc(Cl)ccc2C1=O. The van der Waals surface area contributed by atoms with Crippen LogP contribution in [0.5, 0.6) is 0 Å². The average molecular weight is 435 g/mol. The van der Waals surface area contributed by atoms with Crippen molar-refractivity contribution in [2.45, 2.75) is 25.4 Å². The molecule has 0 spiro atoms. The quantitative estimate of drug-likeness (QED) is 0.529. The lowest BCUT2D eigenvalue weighted by Gasteiger charge is -2.24. The number of ether oxygens (including phenoxy) is 3. The maximum Gasteiger partial charge on any atom is 0.351 e. The average Bonchev–Trinajstić information content (AvgIpc) is 2.68. The molecule has 0 aliphatic carbocycles. The summed E-state index contributed by atoms with van der Waals surface area (Å²) in [7, 11) is 0. The van der Waals surface area contributed by atoms with Crippen LogP contribution < -0.4 is 0 Å². The monoisotopic (exact) mass is 434 g/mol. The number of hydrogen-bond acceptors (Lipinski definition) is 7. The molecule has 0 bridgehead atoms. The summed E-state index contributed by atoms with van der Waals surface area (Å²) in [6.45, 7) is -0.106. The second kappa shape index (κ2) is 7.68. The largest absolute Gasteiger partial charge is 0.389 e. The molecule has 0 fully saturated rings. The summed E-state index contributed by atoms with van der Waals surface area (Å²) in [4.78, 5) is 49.7. The first-order valence-corrected chi connectivity index (χ1v) is 9.25. The molecule has 0 saturated carbocycles. The van der Waals surface area contributed by atoms with Gasteiger partial charge < -0.3 is 14.2 Å². The predicted molar refractivity (Wildman–Crippen MR) is 99.8 cm³/mol. The minimum Gasteiger partial charge on any atom is -0.389 e. The summed E-state index contributed by atoms with van der Waals surface area (Å²) < 4.78 is 15.2. The van der Waals surface area contributed by atoms with E-state index in [0.717, 1.165) is 0 Å². The van der Waals surface area contributed by atoms with Gasteiger partial charge in [-0.15, -0.1) is 0 Å². The molecule has 9 heteroatoms. The molecule has 0 N–H and O–H groups in total. The third-order valence-electron chi connectivity index (χ3n) is 4.58. The van der Waals surface area contributed by atoms with Crippen molar-refractivity contribution in [1.29, 1.82) is 0 Å². The van der Waals surface area contributed by atoms with E-state index in [9.17, 15) is 19.2 Å². The summed E-state index contributed by atoms with van der Waals surface area (Å²) in [5.41, 5.74) is 1.56. The second-order valence-corrected chi connectivity index (χ2v) is 7.33. The number of hydrogen-bond donors (Lipinski definition) is 0. The van der Waals surface area contributed by atoms with Crippen LogP contribution in [0.1, 0.15) is 31.8 Å². The second-order valence-electron chi connectivity index (χ2n) is 6.45. The van der Waals surface area contributed by atoms with E-state index in [1.807, 2.05) is 0 Å². The van der Waals surface area contributed by atoms with E-state index >= 15 is 0 Å². The zero-order valence-corrected chi connectivity index (χ0v) is 16.2. The van der Waals surface area contributed by atoms with Gasteiger partial charge in [0.25, 0.3) is 0 Å². The Balaban J connectivity index is 1.47. The van der Waals surface area contributed by atoms with Crippen molar-refractivity contribution in [1.82, 2.24) is 0 Å². The summed E-state index contributed by atoms with van der Waals surface area (Å²) in [5.74, 6) is -3.73. The van der Waals surface area contributed by atoms with Crippen molar-refractivity contribution < 1.29 is 33.4 Å². The molecule has 0 amide bonds. The smallest absolute Gasteiger partial charge is 0.351 e. The van der Waals surface area contributed by atoms with Crippen molar-refractivity contribution in [2.75, 3.05) is 0 Å². The molecule has 29 heavy (non-hydrogen) atoms. The van der Waals surface area contributed by atoms with Crippen molar-refractivity contribution in [3.8, 4) is 0 Å².